The van der Waals surface area contributed by atoms with Crippen molar-refractivity contribution in [2.75, 3.05) is 0 Å². The molecule has 0 aliphatic heterocycles. The maximum Gasteiger partial charge on any atom is 0.290 e. The Kier molecular flexibility index (Phi) is 7.79. The maximum absolute atomic E-state index is 12.0. The summed E-state index contributed by atoms with van der Waals surface area (Å²) in [5, 5.41) is 0.678. The molecular formula is C6H4F6OS2. The first-order valence-electron chi connectivity index (χ1n) is 3.21. The van der Waals surface area contributed by atoms with Crippen molar-refractivity contribution < 1.29 is 30.0 Å². The molecule has 0 saturated heterocycles. The number of hydrogen-bond donors (Lipinski definition) is 0. The lowest BCUT2D eigenvalue weighted by Gasteiger charge is -1.95. The molecule has 0 amide bonds. The third-order valence-corrected chi connectivity index (χ3v) is 2.09. The average Bonchev–Trinajstić information content (AvgIpc) is 2.16. The first-order valence-corrected chi connectivity index (χ1v) is 4.82. The van der Waals surface area contributed by atoms with Crippen LogP contribution in [0.1, 0.15) is 0 Å². The van der Waals surface area contributed by atoms with Crippen molar-refractivity contribution in [3.05, 3.63) is 22.5 Å². The minimum Gasteiger partial charge on any atom is -0.238 e. The van der Waals surface area contributed by atoms with Crippen LogP contribution in [0, 0.1) is 0 Å². The molecule has 88 valence electrons. The second kappa shape index (κ2) is 7.94. The van der Waals surface area contributed by atoms with E-state index in [2.05, 4.69) is 3.63 Å². The van der Waals surface area contributed by atoms with Gasteiger partial charge in [-0.15, -0.1) is 0 Å². The van der Waals surface area contributed by atoms with Crippen molar-refractivity contribution in [1.82, 2.24) is 0 Å². The molecule has 0 bridgehead atoms. The fourth-order valence-corrected chi connectivity index (χ4v) is 1.14. The molecule has 0 N–H and O–H groups in total. The summed E-state index contributed by atoms with van der Waals surface area (Å²) in [7, 11) is 0. The summed E-state index contributed by atoms with van der Waals surface area (Å²) < 4.78 is 74.2. The highest BCUT2D eigenvalue weighted by atomic mass is 32.2. The van der Waals surface area contributed by atoms with Crippen molar-refractivity contribution in [1.29, 1.82) is 0 Å². The van der Waals surface area contributed by atoms with E-state index in [1.807, 2.05) is 0 Å². The van der Waals surface area contributed by atoms with Crippen LogP contribution in [0.2, 0.25) is 0 Å². The van der Waals surface area contributed by atoms with Crippen LogP contribution in [0.4, 0.5) is 26.3 Å². The highest BCUT2D eigenvalue weighted by Crippen LogP contribution is 2.24. The molecule has 0 aliphatic rings. The van der Waals surface area contributed by atoms with Crippen LogP contribution in [0.3, 0.4) is 0 Å². The molecule has 0 radical (unpaired) electrons. The SMILES string of the molecule is FC(=CSOSC=C(F)C(F)F)C(F)F. The number of alkyl halides is 4. The number of allylic oxidation sites excluding steroid dienone is 2. The van der Waals surface area contributed by atoms with Gasteiger partial charge in [0.1, 0.15) is 0 Å². The Bertz CT molecular complexity index is 218. The topological polar surface area (TPSA) is 9.23 Å². The normalized spacial score (nSPS) is 14.1. The van der Waals surface area contributed by atoms with E-state index in [0.29, 0.717) is 10.8 Å². The highest BCUT2D eigenvalue weighted by Gasteiger charge is 2.10. The van der Waals surface area contributed by atoms with Gasteiger partial charge < -0.3 is 0 Å². The van der Waals surface area contributed by atoms with Gasteiger partial charge >= 0.3 is 0 Å². The lowest BCUT2D eigenvalue weighted by atomic mass is 10.6. The molecule has 0 unspecified atom stereocenters. The van der Waals surface area contributed by atoms with Gasteiger partial charge in [-0.3, -0.25) is 0 Å². The van der Waals surface area contributed by atoms with E-state index in [9.17, 15) is 26.3 Å². The Labute approximate surface area is 90.0 Å². The molecule has 9 heteroatoms. The lowest BCUT2D eigenvalue weighted by Crippen LogP contribution is -1.88. The van der Waals surface area contributed by atoms with E-state index in [-0.39, 0.29) is 24.1 Å². The zero-order chi connectivity index (χ0) is 11.8. The predicted molar refractivity (Wildman–Crippen MR) is 46.7 cm³/mol. The summed E-state index contributed by atoms with van der Waals surface area (Å²) in [6.07, 6.45) is -6.53. The van der Waals surface area contributed by atoms with Gasteiger partial charge in [0.25, 0.3) is 12.9 Å². The zero-order valence-corrected chi connectivity index (χ0v) is 8.43. The van der Waals surface area contributed by atoms with Gasteiger partial charge in [-0.2, -0.15) is 0 Å². The van der Waals surface area contributed by atoms with Crippen molar-refractivity contribution in [2.45, 2.75) is 12.9 Å². The Hall–Kier alpha value is -0.280. The van der Waals surface area contributed by atoms with Gasteiger partial charge in [0, 0.05) is 34.9 Å². The standard InChI is InChI=1S/C6H4F6OS2/c7-3(5(9)10)1-14-13-15-2-4(8)6(11)12/h1-2,5-6H. The summed E-state index contributed by atoms with van der Waals surface area (Å²) in [5.41, 5.74) is 0. The second-order valence-electron chi connectivity index (χ2n) is 1.87. The van der Waals surface area contributed by atoms with Gasteiger partial charge in [0.05, 0.1) is 0 Å². The van der Waals surface area contributed by atoms with Gasteiger partial charge in [0.2, 0.25) is 0 Å². The number of hydrogen-bond acceptors (Lipinski definition) is 3. The Morgan fingerprint density at radius 2 is 1.20 bits per heavy atom. The van der Waals surface area contributed by atoms with Gasteiger partial charge in [-0.25, -0.2) is 30.0 Å². The number of halogens is 6. The first-order chi connectivity index (χ1) is 6.95. The van der Waals surface area contributed by atoms with Crippen molar-refractivity contribution in [2.24, 2.45) is 0 Å². The highest BCUT2D eigenvalue weighted by molar-refractivity contribution is 8.10. The number of rotatable bonds is 6. The Morgan fingerprint density at radius 1 is 0.867 bits per heavy atom. The molecule has 0 aromatic heterocycles. The minimum atomic E-state index is -3.26. The summed E-state index contributed by atoms with van der Waals surface area (Å²) in [6.45, 7) is 0. The zero-order valence-electron chi connectivity index (χ0n) is 6.80. The third kappa shape index (κ3) is 7.63. The Balaban J connectivity index is 3.73. The van der Waals surface area contributed by atoms with Gasteiger partial charge in [-0.05, 0) is 0 Å². The molecular weight excluding hydrogens is 266 g/mol. The third-order valence-electron chi connectivity index (χ3n) is 0.817. The van der Waals surface area contributed by atoms with E-state index in [0.717, 1.165) is 0 Å². The molecule has 15 heavy (non-hydrogen) atoms. The van der Waals surface area contributed by atoms with Crippen molar-refractivity contribution in [3.8, 4) is 0 Å². The average molecular weight is 270 g/mol. The fourth-order valence-electron chi connectivity index (χ4n) is 0.257. The van der Waals surface area contributed by atoms with Crippen LogP contribution in [-0.4, -0.2) is 12.9 Å². The molecule has 0 rings (SSSR count). The first kappa shape index (κ1) is 14.7. The molecule has 0 aliphatic carbocycles. The van der Waals surface area contributed by atoms with Gasteiger partial charge in [-0.1, -0.05) is 0 Å². The fraction of sp³-hybridized carbons (Fsp3) is 0.333. The molecule has 0 heterocycles. The van der Waals surface area contributed by atoms with Crippen LogP contribution in [-0.2, 0) is 3.63 Å². The van der Waals surface area contributed by atoms with Crippen molar-refractivity contribution >= 4 is 24.1 Å². The summed E-state index contributed by atoms with van der Waals surface area (Å²) in [6, 6.07) is 0. The van der Waals surface area contributed by atoms with E-state index in [1.54, 1.807) is 0 Å². The van der Waals surface area contributed by atoms with Crippen LogP contribution in [0.15, 0.2) is 22.5 Å². The largest absolute Gasteiger partial charge is 0.290 e. The van der Waals surface area contributed by atoms with Crippen LogP contribution < -0.4 is 0 Å². The van der Waals surface area contributed by atoms with E-state index in [1.165, 1.54) is 0 Å². The molecule has 0 fully saturated rings. The lowest BCUT2D eigenvalue weighted by molar-refractivity contribution is 0.159. The molecule has 0 spiro atoms. The quantitative estimate of drug-likeness (QED) is 0.401. The summed E-state index contributed by atoms with van der Waals surface area (Å²) in [4.78, 5) is 0. The van der Waals surface area contributed by atoms with Crippen LogP contribution in [0.25, 0.3) is 0 Å². The van der Waals surface area contributed by atoms with Crippen LogP contribution in [0.5, 0.6) is 0 Å². The predicted octanol–water partition coefficient (Wildman–Crippen LogP) is 4.45. The minimum absolute atomic E-state index is 0.133. The monoisotopic (exact) mass is 270 g/mol. The molecule has 0 atom stereocenters. The molecule has 0 aromatic carbocycles. The Morgan fingerprint density at radius 3 is 1.47 bits per heavy atom. The van der Waals surface area contributed by atoms with Crippen molar-refractivity contribution in [3.63, 3.8) is 0 Å². The second-order valence-corrected chi connectivity index (χ2v) is 3.27. The van der Waals surface area contributed by atoms with E-state index in [4.69, 9.17) is 0 Å². The van der Waals surface area contributed by atoms with E-state index >= 15 is 0 Å². The van der Waals surface area contributed by atoms with E-state index < -0.39 is 24.5 Å². The molecule has 1 nitrogen and oxygen atoms in total. The smallest absolute Gasteiger partial charge is 0.238 e. The molecule has 0 saturated carbocycles. The van der Waals surface area contributed by atoms with Crippen LogP contribution >= 0.6 is 24.1 Å². The summed E-state index contributed by atoms with van der Waals surface area (Å²) in [5.74, 6) is -3.45. The van der Waals surface area contributed by atoms with Gasteiger partial charge in [0.15, 0.2) is 11.7 Å². The maximum atomic E-state index is 12.0. The summed E-state index contributed by atoms with van der Waals surface area (Å²) >= 11 is 0.266. The molecule has 0 aromatic rings.